The maximum atomic E-state index is 12.8. The van der Waals surface area contributed by atoms with Gasteiger partial charge in [-0.2, -0.15) is 16.7 Å². The summed E-state index contributed by atoms with van der Waals surface area (Å²) in [4.78, 5) is 25.9. The average Bonchev–Trinajstić information content (AvgIpc) is 3.15. The molecule has 0 saturated carbocycles. The summed E-state index contributed by atoms with van der Waals surface area (Å²) in [5, 5.41) is 3.81. The lowest BCUT2D eigenvalue weighted by Gasteiger charge is -2.36. The van der Waals surface area contributed by atoms with E-state index >= 15 is 0 Å². The number of nitrogens with zero attached hydrogens (tertiary/aromatic N) is 5. The van der Waals surface area contributed by atoms with Crippen LogP contribution >= 0.6 is 11.8 Å². The van der Waals surface area contributed by atoms with E-state index in [4.69, 9.17) is 4.52 Å². The first-order valence-electron chi connectivity index (χ1n) is 9.09. The van der Waals surface area contributed by atoms with Crippen LogP contribution in [0.1, 0.15) is 18.7 Å². The van der Waals surface area contributed by atoms with Crippen molar-refractivity contribution in [1.82, 2.24) is 20.0 Å². The van der Waals surface area contributed by atoms with Crippen molar-refractivity contribution in [2.24, 2.45) is 5.92 Å². The van der Waals surface area contributed by atoms with Gasteiger partial charge in [0, 0.05) is 43.9 Å². The summed E-state index contributed by atoms with van der Waals surface area (Å²) >= 11 is 1.93. The first-order chi connectivity index (χ1) is 12.7. The Morgan fingerprint density at radius 2 is 2.12 bits per heavy atom. The molecule has 0 aromatic carbocycles. The number of anilines is 1. The average molecular weight is 373 g/mol. The summed E-state index contributed by atoms with van der Waals surface area (Å²) < 4.78 is 5.18. The fraction of sp³-hybridized carbons (Fsp3) is 0.556. The number of carbonyl (C=O) groups excluding carboxylic acids is 1. The van der Waals surface area contributed by atoms with Crippen molar-refractivity contribution < 1.29 is 9.32 Å². The highest BCUT2D eigenvalue weighted by Gasteiger charge is 2.30. The molecule has 0 N–H and O–H groups in total. The first-order valence-corrected chi connectivity index (χ1v) is 10.2. The van der Waals surface area contributed by atoms with E-state index in [-0.39, 0.29) is 5.92 Å². The highest BCUT2D eigenvalue weighted by Crippen LogP contribution is 2.26. The third kappa shape index (κ3) is 3.70. The monoisotopic (exact) mass is 373 g/mol. The second-order valence-corrected chi connectivity index (χ2v) is 8.00. The lowest BCUT2D eigenvalue weighted by molar-refractivity contribution is -0.135. The molecule has 2 fully saturated rings. The van der Waals surface area contributed by atoms with Crippen molar-refractivity contribution in [1.29, 1.82) is 0 Å². The topological polar surface area (TPSA) is 75.4 Å². The van der Waals surface area contributed by atoms with Crippen molar-refractivity contribution in [3.8, 4) is 11.5 Å². The molecule has 2 aromatic heterocycles. The molecule has 0 aliphatic carbocycles. The van der Waals surface area contributed by atoms with Gasteiger partial charge in [-0.1, -0.05) is 5.16 Å². The Morgan fingerprint density at radius 1 is 1.27 bits per heavy atom. The quantitative estimate of drug-likeness (QED) is 0.816. The van der Waals surface area contributed by atoms with Gasteiger partial charge in [0.1, 0.15) is 5.82 Å². The molecular formula is C18H23N5O2S. The zero-order valence-electron chi connectivity index (χ0n) is 14.9. The van der Waals surface area contributed by atoms with Gasteiger partial charge in [-0.05, 0) is 31.9 Å². The molecule has 4 rings (SSSR count). The minimum Gasteiger partial charge on any atom is -0.356 e. The van der Waals surface area contributed by atoms with Crippen molar-refractivity contribution in [3.05, 3.63) is 24.2 Å². The van der Waals surface area contributed by atoms with Crippen molar-refractivity contribution in [2.75, 3.05) is 42.6 Å². The SMILES string of the molecule is Cc1noc(-c2ccc(N3CCCC(C(=O)N4CCSCC4)C3)nc2)n1. The third-order valence-electron chi connectivity index (χ3n) is 4.94. The smallest absolute Gasteiger partial charge is 0.259 e. The van der Waals surface area contributed by atoms with Gasteiger partial charge in [0.25, 0.3) is 5.89 Å². The Labute approximate surface area is 157 Å². The Kier molecular flexibility index (Phi) is 5.10. The van der Waals surface area contributed by atoms with E-state index in [9.17, 15) is 4.79 Å². The summed E-state index contributed by atoms with van der Waals surface area (Å²) in [6.45, 7) is 5.24. The fourth-order valence-corrected chi connectivity index (χ4v) is 4.45. The minimum atomic E-state index is 0.0758. The second-order valence-electron chi connectivity index (χ2n) is 6.77. The molecule has 2 aliphatic heterocycles. The molecule has 1 amide bonds. The summed E-state index contributed by atoms with van der Waals surface area (Å²) in [7, 11) is 0. The van der Waals surface area contributed by atoms with Gasteiger partial charge in [-0.3, -0.25) is 4.79 Å². The Bertz CT molecular complexity index is 757. The highest BCUT2D eigenvalue weighted by atomic mass is 32.2. The normalized spacial score (nSPS) is 21.0. The van der Waals surface area contributed by atoms with Crippen LogP contribution < -0.4 is 4.90 Å². The summed E-state index contributed by atoms with van der Waals surface area (Å²) in [6.07, 6.45) is 3.75. The Balaban J connectivity index is 1.43. The number of hydrogen-bond donors (Lipinski definition) is 0. The van der Waals surface area contributed by atoms with E-state index in [1.807, 2.05) is 28.8 Å². The van der Waals surface area contributed by atoms with Crippen LogP contribution in [0.15, 0.2) is 22.9 Å². The number of hydrogen-bond acceptors (Lipinski definition) is 7. The number of pyridine rings is 1. The molecule has 2 saturated heterocycles. The number of piperidine rings is 1. The summed E-state index contributed by atoms with van der Waals surface area (Å²) in [5.41, 5.74) is 0.810. The maximum absolute atomic E-state index is 12.8. The lowest BCUT2D eigenvalue weighted by Crippen LogP contribution is -2.47. The van der Waals surface area contributed by atoms with E-state index in [0.717, 1.165) is 61.9 Å². The van der Waals surface area contributed by atoms with Gasteiger partial charge in [0.15, 0.2) is 5.82 Å². The van der Waals surface area contributed by atoms with E-state index < -0.39 is 0 Å². The number of carbonyl (C=O) groups is 1. The predicted molar refractivity (Wildman–Crippen MR) is 101 cm³/mol. The highest BCUT2D eigenvalue weighted by molar-refractivity contribution is 7.99. The lowest BCUT2D eigenvalue weighted by atomic mass is 9.96. The van der Waals surface area contributed by atoms with E-state index in [2.05, 4.69) is 20.0 Å². The number of amides is 1. The fourth-order valence-electron chi connectivity index (χ4n) is 3.54. The molecule has 0 spiro atoms. The summed E-state index contributed by atoms with van der Waals surface area (Å²) in [5.74, 6) is 4.49. The van der Waals surface area contributed by atoms with Crippen LogP contribution in [0.4, 0.5) is 5.82 Å². The second kappa shape index (κ2) is 7.65. The number of aryl methyl sites for hydroxylation is 1. The van der Waals surface area contributed by atoms with Gasteiger partial charge in [-0.25, -0.2) is 4.98 Å². The van der Waals surface area contributed by atoms with Gasteiger partial charge >= 0.3 is 0 Å². The van der Waals surface area contributed by atoms with Gasteiger partial charge in [0.2, 0.25) is 5.91 Å². The maximum Gasteiger partial charge on any atom is 0.259 e. The van der Waals surface area contributed by atoms with E-state index in [1.165, 1.54) is 0 Å². The third-order valence-corrected chi connectivity index (χ3v) is 5.88. The molecular weight excluding hydrogens is 350 g/mol. The molecule has 7 nitrogen and oxygen atoms in total. The molecule has 2 aromatic rings. The van der Waals surface area contributed by atoms with Crippen LogP contribution in [-0.4, -0.2) is 63.6 Å². The van der Waals surface area contributed by atoms with Crippen LogP contribution in [0.25, 0.3) is 11.5 Å². The number of aromatic nitrogens is 3. The van der Waals surface area contributed by atoms with Crippen molar-refractivity contribution in [2.45, 2.75) is 19.8 Å². The standard InChI is InChI=1S/C18H23N5O2S/c1-13-20-17(25-21-13)14-4-5-16(19-11-14)23-6-2-3-15(12-23)18(24)22-7-9-26-10-8-22/h4-5,11,15H,2-3,6-10,12H2,1H3. The van der Waals surface area contributed by atoms with E-state index in [1.54, 1.807) is 13.1 Å². The van der Waals surface area contributed by atoms with Crippen LogP contribution in [0, 0.1) is 12.8 Å². The van der Waals surface area contributed by atoms with Crippen LogP contribution in [0.2, 0.25) is 0 Å². The molecule has 1 unspecified atom stereocenters. The molecule has 26 heavy (non-hydrogen) atoms. The van der Waals surface area contributed by atoms with Gasteiger partial charge < -0.3 is 14.3 Å². The van der Waals surface area contributed by atoms with E-state index in [0.29, 0.717) is 17.6 Å². The van der Waals surface area contributed by atoms with Crippen LogP contribution in [0.5, 0.6) is 0 Å². The van der Waals surface area contributed by atoms with Crippen molar-refractivity contribution in [3.63, 3.8) is 0 Å². The molecule has 8 heteroatoms. The first kappa shape index (κ1) is 17.3. The Hall–Kier alpha value is -2.09. The minimum absolute atomic E-state index is 0.0758. The summed E-state index contributed by atoms with van der Waals surface area (Å²) in [6, 6.07) is 3.92. The molecule has 1 atom stereocenters. The van der Waals surface area contributed by atoms with Crippen LogP contribution in [-0.2, 0) is 4.79 Å². The molecule has 2 aliphatic rings. The van der Waals surface area contributed by atoms with Crippen molar-refractivity contribution >= 4 is 23.5 Å². The predicted octanol–water partition coefficient (Wildman–Crippen LogP) is 2.23. The van der Waals surface area contributed by atoms with Crippen LogP contribution in [0.3, 0.4) is 0 Å². The molecule has 0 radical (unpaired) electrons. The number of rotatable bonds is 3. The van der Waals surface area contributed by atoms with Gasteiger partial charge in [-0.15, -0.1) is 0 Å². The zero-order chi connectivity index (χ0) is 17.9. The number of thioether (sulfide) groups is 1. The Morgan fingerprint density at radius 3 is 2.81 bits per heavy atom. The molecule has 4 heterocycles. The van der Waals surface area contributed by atoms with Gasteiger partial charge in [0.05, 0.1) is 11.5 Å². The molecule has 138 valence electrons. The largest absolute Gasteiger partial charge is 0.356 e. The molecule has 0 bridgehead atoms. The zero-order valence-corrected chi connectivity index (χ0v) is 15.7.